The SMILES string of the molecule is CC1CCc2nnc(N)cc2C1. The molecule has 1 aliphatic carbocycles. The average Bonchev–Trinajstić information content (AvgIpc) is 2.03. The quantitative estimate of drug-likeness (QED) is 0.625. The first-order valence-corrected chi connectivity index (χ1v) is 4.36. The smallest absolute Gasteiger partial charge is 0.146 e. The number of hydrogen-bond acceptors (Lipinski definition) is 3. The zero-order valence-corrected chi connectivity index (χ0v) is 7.25. The van der Waals surface area contributed by atoms with Crippen LogP contribution in [0.2, 0.25) is 0 Å². The molecule has 1 unspecified atom stereocenters. The Hall–Kier alpha value is -1.12. The number of hydrogen-bond donors (Lipinski definition) is 1. The number of aryl methyl sites for hydroxylation is 1. The molecule has 1 atom stereocenters. The van der Waals surface area contributed by atoms with Gasteiger partial charge >= 0.3 is 0 Å². The summed E-state index contributed by atoms with van der Waals surface area (Å²) >= 11 is 0. The van der Waals surface area contributed by atoms with Crippen molar-refractivity contribution >= 4 is 5.82 Å². The molecule has 64 valence electrons. The summed E-state index contributed by atoms with van der Waals surface area (Å²) in [5.74, 6) is 1.31. The lowest BCUT2D eigenvalue weighted by Crippen LogP contribution is -2.14. The van der Waals surface area contributed by atoms with Gasteiger partial charge in [-0.1, -0.05) is 6.92 Å². The predicted octanol–water partition coefficient (Wildman–Crippen LogP) is 1.18. The molecule has 12 heavy (non-hydrogen) atoms. The van der Waals surface area contributed by atoms with Crippen molar-refractivity contribution in [2.75, 3.05) is 5.73 Å². The summed E-state index contributed by atoms with van der Waals surface area (Å²) < 4.78 is 0. The molecule has 0 saturated carbocycles. The predicted molar refractivity (Wildman–Crippen MR) is 47.6 cm³/mol. The van der Waals surface area contributed by atoms with E-state index in [1.165, 1.54) is 12.0 Å². The third-order valence-electron chi connectivity index (χ3n) is 2.42. The van der Waals surface area contributed by atoms with Crippen LogP contribution in [-0.4, -0.2) is 10.2 Å². The van der Waals surface area contributed by atoms with E-state index in [9.17, 15) is 0 Å². The van der Waals surface area contributed by atoms with Crippen molar-refractivity contribution in [1.29, 1.82) is 0 Å². The van der Waals surface area contributed by atoms with Gasteiger partial charge in [0.1, 0.15) is 5.82 Å². The zero-order chi connectivity index (χ0) is 8.55. The van der Waals surface area contributed by atoms with Crippen LogP contribution in [0, 0.1) is 5.92 Å². The Balaban J connectivity index is 2.37. The molecule has 1 aliphatic rings. The van der Waals surface area contributed by atoms with Crippen molar-refractivity contribution in [2.45, 2.75) is 26.2 Å². The molecule has 0 aromatic carbocycles. The number of aromatic nitrogens is 2. The van der Waals surface area contributed by atoms with Crippen LogP contribution in [-0.2, 0) is 12.8 Å². The van der Waals surface area contributed by atoms with Crippen LogP contribution in [0.3, 0.4) is 0 Å². The Morgan fingerprint density at radius 2 is 2.33 bits per heavy atom. The van der Waals surface area contributed by atoms with E-state index in [1.807, 2.05) is 6.07 Å². The van der Waals surface area contributed by atoms with Gasteiger partial charge in [-0.3, -0.25) is 0 Å². The minimum atomic E-state index is 0.544. The van der Waals surface area contributed by atoms with Crippen molar-refractivity contribution in [3.63, 3.8) is 0 Å². The highest BCUT2D eigenvalue weighted by molar-refractivity contribution is 5.34. The van der Waals surface area contributed by atoms with Gasteiger partial charge in [-0.2, -0.15) is 5.10 Å². The molecule has 2 N–H and O–H groups in total. The van der Waals surface area contributed by atoms with E-state index in [4.69, 9.17) is 5.73 Å². The molecule has 3 heteroatoms. The maximum atomic E-state index is 5.55. The molecular formula is C9H13N3. The highest BCUT2D eigenvalue weighted by Gasteiger charge is 2.16. The van der Waals surface area contributed by atoms with Crippen molar-refractivity contribution in [3.05, 3.63) is 17.3 Å². The minimum Gasteiger partial charge on any atom is -0.382 e. The van der Waals surface area contributed by atoms with Gasteiger partial charge in [0.15, 0.2) is 0 Å². The Bertz CT molecular complexity index is 296. The van der Waals surface area contributed by atoms with Crippen molar-refractivity contribution < 1.29 is 0 Å². The number of rotatable bonds is 0. The topological polar surface area (TPSA) is 51.8 Å². The Labute approximate surface area is 72.0 Å². The summed E-state index contributed by atoms with van der Waals surface area (Å²) in [6.45, 7) is 2.26. The van der Waals surface area contributed by atoms with Crippen LogP contribution >= 0.6 is 0 Å². The van der Waals surface area contributed by atoms with Gasteiger partial charge in [-0.25, -0.2) is 0 Å². The number of fused-ring (bicyclic) bond motifs is 1. The fraction of sp³-hybridized carbons (Fsp3) is 0.556. The Kier molecular flexibility index (Phi) is 1.71. The first kappa shape index (κ1) is 7.53. The van der Waals surface area contributed by atoms with Crippen LogP contribution in [0.25, 0.3) is 0 Å². The maximum absolute atomic E-state index is 5.55. The van der Waals surface area contributed by atoms with Crippen LogP contribution < -0.4 is 5.73 Å². The second kappa shape index (κ2) is 2.73. The van der Waals surface area contributed by atoms with Gasteiger partial charge in [0.2, 0.25) is 0 Å². The molecule has 0 spiro atoms. The second-order valence-corrected chi connectivity index (χ2v) is 3.59. The third-order valence-corrected chi connectivity index (χ3v) is 2.42. The van der Waals surface area contributed by atoms with Crippen LogP contribution in [0.1, 0.15) is 24.6 Å². The molecule has 2 rings (SSSR count). The maximum Gasteiger partial charge on any atom is 0.146 e. The van der Waals surface area contributed by atoms with E-state index in [0.717, 1.165) is 24.5 Å². The average molecular weight is 163 g/mol. The zero-order valence-electron chi connectivity index (χ0n) is 7.25. The lowest BCUT2D eigenvalue weighted by Gasteiger charge is -2.19. The van der Waals surface area contributed by atoms with Crippen molar-refractivity contribution in [2.24, 2.45) is 5.92 Å². The fourth-order valence-corrected chi connectivity index (χ4v) is 1.72. The van der Waals surface area contributed by atoms with E-state index >= 15 is 0 Å². The normalized spacial score (nSPS) is 21.9. The van der Waals surface area contributed by atoms with E-state index in [1.54, 1.807) is 0 Å². The molecule has 0 bridgehead atoms. The highest BCUT2D eigenvalue weighted by Crippen LogP contribution is 2.23. The summed E-state index contributed by atoms with van der Waals surface area (Å²) in [6, 6.07) is 1.96. The van der Waals surface area contributed by atoms with Crippen LogP contribution in [0.5, 0.6) is 0 Å². The van der Waals surface area contributed by atoms with Gasteiger partial charge in [-0.05, 0) is 36.8 Å². The van der Waals surface area contributed by atoms with Crippen molar-refractivity contribution in [1.82, 2.24) is 10.2 Å². The molecule has 0 saturated heterocycles. The van der Waals surface area contributed by atoms with E-state index in [-0.39, 0.29) is 0 Å². The number of nitrogens with zero attached hydrogens (tertiary/aromatic N) is 2. The van der Waals surface area contributed by atoms with Gasteiger partial charge in [0.05, 0.1) is 5.69 Å². The first-order valence-electron chi connectivity index (χ1n) is 4.36. The van der Waals surface area contributed by atoms with Gasteiger partial charge in [0, 0.05) is 0 Å². The Morgan fingerprint density at radius 1 is 1.50 bits per heavy atom. The number of nitrogens with two attached hydrogens (primary N) is 1. The molecule has 0 radical (unpaired) electrons. The molecule has 1 aromatic rings. The largest absolute Gasteiger partial charge is 0.382 e. The lowest BCUT2D eigenvalue weighted by molar-refractivity contribution is 0.490. The van der Waals surface area contributed by atoms with E-state index in [0.29, 0.717) is 5.82 Å². The monoisotopic (exact) mass is 163 g/mol. The second-order valence-electron chi connectivity index (χ2n) is 3.59. The third kappa shape index (κ3) is 1.26. The molecule has 0 fully saturated rings. The van der Waals surface area contributed by atoms with Crippen LogP contribution in [0.4, 0.5) is 5.82 Å². The summed E-state index contributed by atoms with van der Waals surface area (Å²) in [7, 11) is 0. The highest BCUT2D eigenvalue weighted by atomic mass is 15.1. The van der Waals surface area contributed by atoms with Crippen LogP contribution in [0.15, 0.2) is 6.07 Å². The summed E-state index contributed by atoms with van der Waals surface area (Å²) in [6.07, 6.45) is 3.39. The minimum absolute atomic E-state index is 0.544. The van der Waals surface area contributed by atoms with Crippen molar-refractivity contribution in [3.8, 4) is 0 Å². The number of anilines is 1. The Morgan fingerprint density at radius 3 is 3.17 bits per heavy atom. The van der Waals surface area contributed by atoms with E-state index < -0.39 is 0 Å². The summed E-state index contributed by atoms with van der Waals surface area (Å²) in [5.41, 5.74) is 7.99. The van der Waals surface area contributed by atoms with Gasteiger partial charge in [0.25, 0.3) is 0 Å². The summed E-state index contributed by atoms with van der Waals surface area (Å²) in [5, 5.41) is 7.92. The van der Waals surface area contributed by atoms with Gasteiger partial charge in [-0.15, -0.1) is 5.10 Å². The molecule has 0 aliphatic heterocycles. The molecule has 0 amide bonds. The van der Waals surface area contributed by atoms with E-state index in [2.05, 4.69) is 17.1 Å². The molecule has 1 aromatic heterocycles. The standard InChI is InChI=1S/C9H13N3/c1-6-2-3-8-7(4-6)5-9(10)12-11-8/h5-6H,2-4H2,1H3,(H2,10,12). The molecular weight excluding hydrogens is 150 g/mol. The first-order chi connectivity index (χ1) is 5.75. The molecule has 3 nitrogen and oxygen atoms in total. The summed E-state index contributed by atoms with van der Waals surface area (Å²) in [4.78, 5) is 0. The fourth-order valence-electron chi connectivity index (χ4n) is 1.72. The number of nitrogen functional groups attached to an aromatic ring is 1. The molecule has 1 heterocycles. The lowest BCUT2D eigenvalue weighted by atomic mass is 9.88. The van der Waals surface area contributed by atoms with Gasteiger partial charge < -0.3 is 5.73 Å².